The minimum atomic E-state index is -1.42. The summed E-state index contributed by atoms with van der Waals surface area (Å²) >= 11 is 0. The Morgan fingerprint density at radius 2 is 1.36 bits per heavy atom. The van der Waals surface area contributed by atoms with Crippen molar-refractivity contribution in [2.24, 2.45) is 5.92 Å². The maximum Gasteiger partial charge on any atom is 0.194 e. The second kappa shape index (κ2) is 6.15. The third kappa shape index (κ3) is 3.03. The van der Waals surface area contributed by atoms with Crippen molar-refractivity contribution in [2.45, 2.75) is 38.5 Å². The maximum atomic E-state index is 13.3. The summed E-state index contributed by atoms with van der Waals surface area (Å²) in [6.45, 7) is 2.29. The van der Waals surface area contributed by atoms with E-state index in [2.05, 4.69) is 6.92 Å². The Labute approximate surface area is 130 Å². The molecule has 3 heteroatoms. The molecule has 0 nitrogen and oxygen atoms in total. The van der Waals surface area contributed by atoms with E-state index in [4.69, 9.17) is 0 Å². The summed E-state index contributed by atoms with van der Waals surface area (Å²) in [6.07, 6.45) is 4.89. The first-order valence-corrected chi connectivity index (χ1v) is 7.79. The van der Waals surface area contributed by atoms with Crippen LogP contribution in [0.1, 0.15) is 45.5 Å². The number of halogens is 3. The van der Waals surface area contributed by atoms with Crippen molar-refractivity contribution in [3.05, 3.63) is 59.4 Å². The normalized spacial score (nSPS) is 21.8. The molecule has 0 amide bonds. The first-order chi connectivity index (χ1) is 10.5. The highest BCUT2D eigenvalue weighted by Gasteiger charge is 2.19. The van der Waals surface area contributed by atoms with Crippen LogP contribution in [0.5, 0.6) is 0 Å². The van der Waals surface area contributed by atoms with Gasteiger partial charge in [0.25, 0.3) is 0 Å². The topological polar surface area (TPSA) is 0 Å². The molecule has 1 fully saturated rings. The predicted molar refractivity (Wildman–Crippen MR) is 84.2 cm³/mol. The summed E-state index contributed by atoms with van der Waals surface area (Å²) in [4.78, 5) is 0. The number of rotatable bonds is 2. The van der Waals surface area contributed by atoms with Crippen molar-refractivity contribution in [1.29, 1.82) is 0 Å². The quantitative estimate of drug-likeness (QED) is 0.570. The Bertz CT molecular complexity index is 636. The van der Waals surface area contributed by atoms with E-state index >= 15 is 0 Å². The highest BCUT2D eigenvalue weighted by atomic mass is 19.2. The Balaban J connectivity index is 0.00000192. The lowest BCUT2D eigenvalue weighted by Gasteiger charge is -2.26. The van der Waals surface area contributed by atoms with Gasteiger partial charge in [0, 0.05) is 1.43 Å². The van der Waals surface area contributed by atoms with E-state index in [1.54, 1.807) is 0 Å². The Hall–Kier alpha value is -1.77. The van der Waals surface area contributed by atoms with Gasteiger partial charge in [0.05, 0.1) is 0 Å². The third-order valence-electron chi connectivity index (χ3n) is 4.72. The van der Waals surface area contributed by atoms with Gasteiger partial charge in [0.15, 0.2) is 17.5 Å². The molecular weight excluding hydrogens is 285 g/mol. The van der Waals surface area contributed by atoms with E-state index < -0.39 is 17.5 Å². The van der Waals surface area contributed by atoms with Crippen LogP contribution >= 0.6 is 0 Å². The second-order valence-electron chi connectivity index (χ2n) is 6.33. The molecule has 1 aliphatic carbocycles. The van der Waals surface area contributed by atoms with Crippen LogP contribution in [0.4, 0.5) is 13.2 Å². The molecule has 22 heavy (non-hydrogen) atoms. The molecule has 0 aliphatic heterocycles. The fraction of sp³-hybridized carbons (Fsp3) is 0.368. The molecule has 0 heterocycles. The lowest BCUT2D eigenvalue weighted by molar-refractivity contribution is 0.348. The van der Waals surface area contributed by atoms with Crippen LogP contribution in [0.25, 0.3) is 11.1 Å². The molecule has 0 N–H and O–H groups in total. The number of hydrogen-bond acceptors (Lipinski definition) is 0. The van der Waals surface area contributed by atoms with E-state index in [0.29, 0.717) is 17.0 Å². The van der Waals surface area contributed by atoms with Gasteiger partial charge < -0.3 is 0 Å². The maximum absolute atomic E-state index is 13.3. The molecular formula is C19H21F3. The summed E-state index contributed by atoms with van der Waals surface area (Å²) in [5, 5.41) is 0. The molecule has 1 aliphatic rings. The molecule has 2 aromatic carbocycles. The first-order valence-electron chi connectivity index (χ1n) is 7.79. The van der Waals surface area contributed by atoms with Gasteiger partial charge in [-0.3, -0.25) is 0 Å². The van der Waals surface area contributed by atoms with Crippen molar-refractivity contribution in [2.75, 3.05) is 0 Å². The number of benzene rings is 2. The van der Waals surface area contributed by atoms with Gasteiger partial charge in [-0.25, -0.2) is 13.2 Å². The van der Waals surface area contributed by atoms with Crippen molar-refractivity contribution < 1.29 is 14.6 Å². The van der Waals surface area contributed by atoms with E-state index in [9.17, 15) is 13.2 Å². The minimum Gasteiger partial charge on any atom is -0.204 e. The largest absolute Gasteiger partial charge is 0.204 e. The molecule has 1 saturated carbocycles. The zero-order valence-electron chi connectivity index (χ0n) is 12.6. The molecule has 0 aromatic heterocycles. The lowest BCUT2D eigenvalue weighted by atomic mass is 9.79. The van der Waals surface area contributed by atoms with Crippen LogP contribution in [0, 0.1) is 23.4 Å². The van der Waals surface area contributed by atoms with Gasteiger partial charge in [-0.2, -0.15) is 0 Å². The van der Waals surface area contributed by atoms with Gasteiger partial charge in [-0.1, -0.05) is 44.0 Å². The Kier molecular flexibility index (Phi) is 4.23. The second-order valence-corrected chi connectivity index (χ2v) is 6.33. The summed E-state index contributed by atoms with van der Waals surface area (Å²) in [5.41, 5.74) is 2.34. The van der Waals surface area contributed by atoms with Crippen LogP contribution in [-0.4, -0.2) is 0 Å². The standard InChI is InChI=1S/C19H19F3.H2/c1-12-2-4-13(5-3-12)14-6-8-15(9-7-14)16-10-17(20)19(22)18(21)11-16;/h6-13H,2-5H2,1H3;1H. The van der Waals surface area contributed by atoms with Gasteiger partial charge in [0.1, 0.15) is 0 Å². The fourth-order valence-corrected chi connectivity index (χ4v) is 3.26. The van der Waals surface area contributed by atoms with Crippen LogP contribution in [0.2, 0.25) is 0 Å². The average molecular weight is 306 g/mol. The van der Waals surface area contributed by atoms with E-state index in [1.165, 1.54) is 31.2 Å². The van der Waals surface area contributed by atoms with Crippen LogP contribution in [-0.2, 0) is 0 Å². The highest BCUT2D eigenvalue weighted by Crippen LogP contribution is 2.36. The first kappa shape index (κ1) is 15.1. The molecule has 0 saturated heterocycles. The monoisotopic (exact) mass is 306 g/mol. The lowest BCUT2D eigenvalue weighted by Crippen LogP contribution is -2.10. The summed E-state index contributed by atoms with van der Waals surface area (Å²) in [6, 6.07) is 9.84. The fourth-order valence-electron chi connectivity index (χ4n) is 3.26. The molecule has 0 unspecified atom stereocenters. The van der Waals surface area contributed by atoms with E-state index in [0.717, 1.165) is 18.1 Å². The summed E-state index contributed by atoms with van der Waals surface area (Å²) in [5.74, 6) is -2.34. The van der Waals surface area contributed by atoms with Gasteiger partial charge >= 0.3 is 0 Å². The number of hydrogen-bond donors (Lipinski definition) is 0. The molecule has 0 radical (unpaired) electrons. The molecule has 2 aromatic rings. The summed E-state index contributed by atoms with van der Waals surface area (Å²) < 4.78 is 39.6. The Morgan fingerprint density at radius 3 is 1.91 bits per heavy atom. The summed E-state index contributed by atoms with van der Waals surface area (Å²) in [7, 11) is 0. The van der Waals surface area contributed by atoms with Crippen molar-refractivity contribution in [3.8, 4) is 11.1 Å². The van der Waals surface area contributed by atoms with Crippen molar-refractivity contribution >= 4 is 0 Å². The molecule has 118 valence electrons. The smallest absolute Gasteiger partial charge is 0.194 e. The predicted octanol–water partition coefficient (Wildman–Crippen LogP) is 6.31. The average Bonchev–Trinajstić information content (AvgIpc) is 2.53. The zero-order chi connectivity index (χ0) is 15.7. The zero-order valence-corrected chi connectivity index (χ0v) is 12.6. The molecule has 0 bridgehead atoms. The van der Waals surface area contributed by atoms with E-state index in [1.807, 2.05) is 24.3 Å². The third-order valence-corrected chi connectivity index (χ3v) is 4.72. The van der Waals surface area contributed by atoms with Crippen molar-refractivity contribution in [3.63, 3.8) is 0 Å². The van der Waals surface area contributed by atoms with Gasteiger partial charge in [-0.05, 0) is 53.5 Å². The Morgan fingerprint density at radius 1 is 0.818 bits per heavy atom. The minimum absolute atomic E-state index is 0. The van der Waals surface area contributed by atoms with Gasteiger partial charge in [-0.15, -0.1) is 0 Å². The van der Waals surface area contributed by atoms with Crippen LogP contribution in [0.15, 0.2) is 36.4 Å². The molecule has 0 spiro atoms. The van der Waals surface area contributed by atoms with Crippen LogP contribution < -0.4 is 0 Å². The van der Waals surface area contributed by atoms with E-state index in [-0.39, 0.29) is 1.43 Å². The molecule has 0 atom stereocenters. The SMILES string of the molecule is CC1CCC(c2ccc(-c3cc(F)c(F)c(F)c3)cc2)CC1.[HH]. The van der Waals surface area contributed by atoms with Crippen molar-refractivity contribution in [1.82, 2.24) is 0 Å². The molecule has 3 rings (SSSR count). The van der Waals surface area contributed by atoms with Crippen LogP contribution in [0.3, 0.4) is 0 Å². The van der Waals surface area contributed by atoms with Gasteiger partial charge in [0.2, 0.25) is 0 Å². The highest BCUT2D eigenvalue weighted by molar-refractivity contribution is 5.64.